The summed E-state index contributed by atoms with van der Waals surface area (Å²) in [7, 11) is 0. The number of anilines is 1. The van der Waals surface area contributed by atoms with E-state index in [0.29, 0.717) is 11.4 Å². The van der Waals surface area contributed by atoms with E-state index in [1.54, 1.807) is 55.4 Å². The number of amides is 1. The number of halogens is 3. The average Bonchev–Trinajstić information content (AvgIpc) is 2.95. The largest absolute Gasteiger partial charge is 0.479 e. The van der Waals surface area contributed by atoms with Gasteiger partial charge in [0.1, 0.15) is 17.6 Å². The number of rotatable bonds is 6. The number of carboxylic acids is 1. The number of benzene rings is 1. The molecule has 0 bridgehead atoms. The minimum absolute atomic E-state index is 0.0828. The van der Waals surface area contributed by atoms with Gasteiger partial charge in [-0.1, -0.05) is 39.3 Å². The summed E-state index contributed by atoms with van der Waals surface area (Å²) < 4.78 is 22.8. The van der Waals surface area contributed by atoms with E-state index in [0.717, 1.165) is 4.57 Å². The fourth-order valence-electron chi connectivity index (χ4n) is 5.78. The number of aromatic nitrogens is 3. The molecule has 4 rings (SSSR count). The van der Waals surface area contributed by atoms with Crippen molar-refractivity contribution in [3.05, 3.63) is 59.6 Å². The summed E-state index contributed by atoms with van der Waals surface area (Å²) in [5.74, 6) is -3.09. The van der Waals surface area contributed by atoms with Crippen LogP contribution < -0.4 is 10.5 Å². The number of nitrogens with zero attached hydrogens (tertiary/aromatic N) is 6. The zero-order valence-corrected chi connectivity index (χ0v) is 29.9. The molecule has 0 radical (unpaired) electrons. The first-order chi connectivity index (χ1) is 21.6. The van der Waals surface area contributed by atoms with E-state index in [1.807, 2.05) is 0 Å². The predicted octanol–water partition coefficient (Wildman–Crippen LogP) is 6.78. The molecule has 2 aromatic heterocycles. The van der Waals surface area contributed by atoms with Crippen LogP contribution in [0.3, 0.4) is 0 Å². The number of hydrogen-bond donors (Lipinski definition) is 1. The third kappa shape index (κ3) is 6.26. The second kappa shape index (κ2) is 12.6. The summed E-state index contributed by atoms with van der Waals surface area (Å²) in [5.41, 5.74) is -5.23. The molecule has 254 valence electrons. The summed E-state index contributed by atoms with van der Waals surface area (Å²) in [5, 5.41) is 23.2. The van der Waals surface area contributed by atoms with Crippen LogP contribution in [0.5, 0.6) is 0 Å². The van der Waals surface area contributed by atoms with E-state index in [-0.39, 0.29) is 44.5 Å². The van der Waals surface area contributed by atoms with Crippen molar-refractivity contribution in [2.75, 3.05) is 18.0 Å². The fraction of sp³-hybridized carbons (Fsp3) is 0.516. The molecule has 3 heterocycles. The van der Waals surface area contributed by atoms with Gasteiger partial charge < -0.3 is 19.6 Å². The average molecular weight is 740 g/mol. The number of fused-ring (bicyclic) bond motifs is 1. The number of piperazine rings is 1. The van der Waals surface area contributed by atoms with Crippen LogP contribution in [0.15, 0.2) is 21.7 Å². The van der Waals surface area contributed by atoms with Crippen LogP contribution in [-0.2, 0) is 9.53 Å². The van der Waals surface area contributed by atoms with Gasteiger partial charge in [0.15, 0.2) is 11.4 Å². The van der Waals surface area contributed by atoms with Crippen molar-refractivity contribution >= 4 is 61.9 Å². The summed E-state index contributed by atoms with van der Waals surface area (Å²) >= 11 is 9.60. The van der Waals surface area contributed by atoms with Gasteiger partial charge in [0.05, 0.1) is 43.6 Å². The second-order valence-electron chi connectivity index (χ2n) is 13.4. The number of pyridine rings is 1. The van der Waals surface area contributed by atoms with E-state index in [1.165, 1.54) is 29.1 Å². The molecular formula is C31H37BrClFN6O7. The normalized spacial score (nSPS) is 18.7. The smallest absolute Gasteiger partial charge is 0.410 e. The highest BCUT2D eigenvalue weighted by molar-refractivity contribution is 9.10. The number of carboxylic acid groups (broad SMARTS) is 1. The lowest BCUT2D eigenvalue weighted by atomic mass is 9.91. The van der Waals surface area contributed by atoms with E-state index < -0.39 is 63.5 Å². The van der Waals surface area contributed by atoms with E-state index in [2.05, 4.69) is 25.9 Å². The van der Waals surface area contributed by atoms with Gasteiger partial charge in [-0.25, -0.2) is 23.9 Å². The lowest BCUT2D eigenvalue weighted by Gasteiger charge is -2.50. The molecule has 2 atom stereocenters. The SMILES string of the molecule is CC(C)c1ncnc(C(C)C)c1-n1c(=O)c([N+](=O)[O-])c(N2C[C@@H](C)N(C(=O)OC(C)(C)C)C[C@]2(C)C(=O)O)c2cc(Cl)c(Br)c(F)c21. The van der Waals surface area contributed by atoms with Crippen molar-refractivity contribution in [1.82, 2.24) is 19.4 Å². The molecule has 1 amide bonds. The van der Waals surface area contributed by atoms with Crippen molar-refractivity contribution in [2.24, 2.45) is 0 Å². The minimum atomic E-state index is -2.04. The molecule has 0 spiro atoms. The number of ether oxygens (including phenoxy) is 1. The first-order valence-corrected chi connectivity index (χ1v) is 16.1. The Morgan fingerprint density at radius 2 is 1.74 bits per heavy atom. The fourth-order valence-corrected chi connectivity index (χ4v) is 6.27. The van der Waals surface area contributed by atoms with Crippen LogP contribution in [-0.4, -0.2) is 71.8 Å². The Balaban J connectivity index is 2.20. The summed E-state index contributed by atoms with van der Waals surface area (Å²) in [6, 6.07) is 0.497. The number of carbonyl (C=O) groups excluding carboxylic acids is 1. The van der Waals surface area contributed by atoms with E-state index in [9.17, 15) is 29.6 Å². The Kier molecular flexibility index (Phi) is 9.68. The molecule has 1 saturated heterocycles. The maximum Gasteiger partial charge on any atom is 0.410 e. The quantitative estimate of drug-likeness (QED) is 0.162. The molecule has 47 heavy (non-hydrogen) atoms. The van der Waals surface area contributed by atoms with Crippen LogP contribution in [0.25, 0.3) is 16.6 Å². The van der Waals surface area contributed by atoms with Crippen LogP contribution in [0.2, 0.25) is 5.02 Å². The lowest BCUT2D eigenvalue weighted by Crippen LogP contribution is -2.69. The Morgan fingerprint density at radius 1 is 1.19 bits per heavy atom. The maximum absolute atomic E-state index is 16.6. The van der Waals surface area contributed by atoms with Gasteiger partial charge in [-0.15, -0.1) is 0 Å². The molecule has 1 aliphatic rings. The Labute approximate surface area is 284 Å². The Hall–Kier alpha value is -3.85. The van der Waals surface area contributed by atoms with Gasteiger partial charge >= 0.3 is 23.3 Å². The first kappa shape index (κ1) is 36.0. The Morgan fingerprint density at radius 3 is 2.21 bits per heavy atom. The maximum atomic E-state index is 16.6. The zero-order valence-electron chi connectivity index (χ0n) is 27.5. The summed E-state index contributed by atoms with van der Waals surface area (Å²) in [6.07, 6.45) is 0.536. The minimum Gasteiger partial charge on any atom is -0.479 e. The van der Waals surface area contributed by atoms with Crippen molar-refractivity contribution in [3.63, 3.8) is 0 Å². The Bertz CT molecular complexity index is 1830. The number of nitro groups is 1. The molecule has 0 saturated carbocycles. The lowest BCUT2D eigenvalue weighted by molar-refractivity contribution is -0.385. The number of aliphatic carboxylic acids is 1. The van der Waals surface area contributed by atoms with Crippen molar-refractivity contribution in [1.29, 1.82) is 0 Å². The van der Waals surface area contributed by atoms with Crippen molar-refractivity contribution < 1.29 is 28.7 Å². The van der Waals surface area contributed by atoms with Gasteiger partial charge in [0.2, 0.25) is 0 Å². The van der Waals surface area contributed by atoms with E-state index >= 15 is 4.39 Å². The molecular weight excluding hydrogens is 703 g/mol. The van der Waals surface area contributed by atoms with Crippen LogP contribution in [0, 0.1) is 15.9 Å². The van der Waals surface area contributed by atoms with Gasteiger partial charge in [-0.2, -0.15) is 0 Å². The van der Waals surface area contributed by atoms with Crippen LogP contribution in [0.4, 0.5) is 20.6 Å². The van der Waals surface area contributed by atoms with Gasteiger partial charge in [0, 0.05) is 18.0 Å². The van der Waals surface area contributed by atoms with Crippen LogP contribution >= 0.6 is 27.5 Å². The molecule has 13 nitrogen and oxygen atoms in total. The summed E-state index contributed by atoms with van der Waals surface area (Å²) in [4.78, 5) is 63.9. The second-order valence-corrected chi connectivity index (χ2v) is 14.6. The molecule has 0 unspecified atom stereocenters. The molecule has 1 N–H and O–H groups in total. The molecule has 1 aromatic carbocycles. The van der Waals surface area contributed by atoms with Crippen LogP contribution in [0.1, 0.15) is 85.5 Å². The molecule has 16 heteroatoms. The van der Waals surface area contributed by atoms with E-state index in [4.69, 9.17) is 16.3 Å². The standard InChI is InChI=1S/C31H37BrClFN6O7/c1-14(2)21-25(22(15(3)4)36-13-35-21)39-23-17(10-18(33)19(32)20(23)34)24(26(27(39)41)40(45)46)38-11-16(5)37(12-31(38,9)28(42)43)29(44)47-30(6,7)8/h10,13-16H,11-12H2,1-9H3,(H,42,43)/t16-,31-/m1/s1. The molecule has 0 aliphatic carbocycles. The molecule has 1 aliphatic heterocycles. The first-order valence-electron chi connectivity index (χ1n) is 14.9. The number of carbonyl (C=O) groups is 2. The third-order valence-electron chi connectivity index (χ3n) is 8.04. The third-order valence-corrected chi connectivity index (χ3v) is 9.34. The van der Waals surface area contributed by atoms with Gasteiger partial charge in [-0.3, -0.25) is 19.5 Å². The predicted molar refractivity (Wildman–Crippen MR) is 178 cm³/mol. The van der Waals surface area contributed by atoms with Gasteiger partial charge in [0.25, 0.3) is 0 Å². The summed E-state index contributed by atoms with van der Waals surface area (Å²) in [6.45, 7) is 14.3. The highest BCUT2D eigenvalue weighted by Gasteiger charge is 2.52. The topological polar surface area (TPSA) is 161 Å². The monoisotopic (exact) mass is 738 g/mol. The molecule has 3 aromatic rings. The van der Waals surface area contributed by atoms with Gasteiger partial charge in [-0.05, 0) is 68.5 Å². The highest BCUT2D eigenvalue weighted by Crippen LogP contribution is 2.45. The van der Waals surface area contributed by atoms with Crippen molar-refractivity contribution in [2.45, 2.75) is 91.3 Å². The highest BCUT2D eigenvalue weighted by atomic mass is 79.9. The number of hydrogen-bond acceptors (Lipinski definition) is 9. The molecule has 1 fully saturated rings. The van der Waals surface area contributed by atoms with Crippen molar-refractivity contribution in [3.8, 4) is 5.69 Å². The zero-order chi connectivity index (χ0) is 35.5.